The number of carboxylic acids is 1. The van der Waals surface area contributed by atoms with E-state index in [-0.39, 0.29) is 31.6 Å². The van der Waals surface area contributed by atoms with Gasteiger partial charge in [0.15, 0.2) is 0 Å². The standard InChI is InChI=1S/C23H40N8O6/c1-3-13(2)19(22(35)29-16(23(36)37)6-4-5-9-24)31-21(34)17(10-14-11-27-12-28-14)30-20(33)15(25)7-8-18(26)32/h11-13,15-17,19H,3-10,24-25H2,1-2H3,(H2,26,32)(H,27,28)(H,29,35)(H,30,33)(H,31,34)(H,36,37). The molecule has 0 radical (unpaired) electrons. The fourth-order valence-corrected chi connectivity index (χ4v) is 3.50. The molecule has 0 aromatic carbocycles. The van der Waals surface area contributed by atoms with Gasteiger partial charge in [0.1, 0.15) is 18.1 Å². The lowest BCUT2D eigenvalue weighted by atomic mass is 9.96. The normalized spacial score (nSPS) is 15.0. The van der Waals surface area contributed by atoms with Crippen LogP contribution in [0.15, 0.2) is 12.5 Å². The van der Waals surface area contributed by atoms with E-state index >= 15 is 0 Å². The van der Waals surface area contributed by atoms with Gasteiger partial charge in [-0.05, 0) is 38.1 Å². The monoisotopic (exact) mass is 524 g/mol. The molecule has 1 heterocycles. The SMILES string of the molecule is CCC(C)C(NC(=O)C(Cc1cnc[nH]1)NC(=O)C(N)CCC(N)=O)C(=O)NC(CCCCN)C(=O)O. The molecule has 11 N–H and O–H groups in total. The van der Waals surface area contributed by atoms with Crippen LogP contribution in [-0.2, 0) is 30.4 Å². The maximum absolute atomic E-state index is 13.3. The highest BCUT2D eigenvalue weighted by molar-refractivity contribution is 5.94. The molecule has 0 fully saturated rings. The molecule has 0 bridgehead atoms. The molecule has 1 aromatic rings. The van der Waals surface area contributed by atoms with Gasteiger partial charge in [-0.2, -0.15) is 0 Å². The Morgan fingerprint density at radius 1 is 1.03 bits per heavy atom. The predicted molar refractivity (Wildman–Crippen MR) is 134 cm³/mol. The summed E-state index contributed by atoms with van der Waals surface area (Å²) in [7, 11) is 0. The number of nitrogens with two attached hydrogens (primary N) is 3. The predicted octanol–water partition coefficient (Wildman–Crippen LogP) is -1.74. The number of aromatic nitrogens is 2. The van der Waals surface area contributed by atoms with Crippen LogP contribution < -0.4 is 33.2 Å². The van der Waals surface area contributed by atoms with Crippen LogP contribution in [0.3, 0.4) is 0 Å². The number of aliphatic carboxylic acids is 1. The van der Waals surface area contributed by atoms with Crippen molar-refractivity contribution in [1.82, 2.24) is 25.9 Å². The van der Waals surface area contributed by atoms with Gasteiger partial charge >= 0.3 is 5.97 Å². The number of aromatic amines is 1. The number of amides is 4. The van der Waals surface area contributed by atoms with Crippen molar-refractivity contribution < 1.29 is 29.1 Å². The van der Waals surface area contributed by atoms with E-state index in [1.807, 2.05) is 6.92 Å². The fourth-order valence-electron chi connectivity index (χ4n) is 3.50. The van der Waals surface area contributed by atoms with Crippen LogP contribution in [-0.4, -0.2) is 75.4 Å². The maximum Gasteiger partial charge on any atom is 0.326 e. The van der Waals surface area contributed by atoms with Gasteiger partial charge in [-0.1, -0.05) is 20.3 Å². The molecule has 0 aliphatic rings. The Balaban J connectivity index is 3.03. The summed E-state index contributed by atoms with van der Waals surface area (Å²) in [6.07, 6.45) is 4.65. The average Bonchev–Trinajstić information content (AvgIpc) is 3.37. The van der Waals surface area contributed by atoms with Crippen molar-refractivity contribution in [3.63, 3.8) is 0 Å². The van der Waals surface area contributed by atoms with E-state index in [0.717, 1.165) is 0 Å². The van der Waals surface area contributed by atoms with Gasteiger partial charge < -0.3 is 43.2 Å². The summed E-state index contributed by atoms with van der Waals surface area (Å²) in [5.74, 6) is -4.12. The van der Waals surface area contributed by atoms with Crippen LogP contribution in [0, 0.1) is 5.92 Å². The summed E-state index contributed by atoms with van der Waals surface area (Å²) in [5, 5.41) is 17.2. The largest absolute Gasteiger partial charge is 0.480 e. The molecule has 0 saturated heterocycles. The van der Waals surface area contributed by atoms with E-state index in [4.69, 9.17) is 17.2 Å². The Kier molecular flexibility index (Phi) is 13.9. The molecule has 5 atom stereocenters. The minimum atomic E-state index is -1.19. The Bertz CT molecular complexity index is 894. The van der Waals surface area contributed by atoms with Crippen molar-refractivity contribution >= 4 is 29.6 Å². The van der Waals surface area contributed by atoms with Crippen molar-refractivity contribution in [2.75, 3.05) is 6.54 Å². The first-order chi connectivity index (χ1) is 17.5. The molecule has 1 rings (SSSR count). The molecule has 0 aliphatic carbocycles. The molecule has 4 amide bonds. The Morgan fingerprint density at radius 2 is 1.70 bits per heavy atom. The van der Waals surface area contributed by atoms with Crippen LogP contribution >= 0.6 is 0 Å². The van der Waals surface area contributed by atoms with Crippen LogP contribution in [0.2, 0.25) is 0 Å². The van der Waals surface area contributed by atoms with E-state index in [2.05, 4.69) is 25.9 Å². The molecular weight excluding hydrogens is 484 g/mol. The number of nitrogens with one attached hydrogen (secondary N) is 4. The second kappa shape index (κ2) is 16.3. The first-order valence-corrected chi connectivity index (χ1v) is 12.3. The fraction of sp³-hybridized carbons (Fsp3) is 0.652. The summed E-state index contributed by atoms with van der Waals surface area (Å²) in [5.41, 5.74) is 17.0. The number of carbonyl (C=O) groups is 5. The molecule has 0 aliphatic heterocycles. The van der Waals surface area contributed by atoms with Gasteiger partial charge in [-0.15, -0.1) is 0 Å². The van der Waals surface area contributed by atoms with Gasteiger partial charge in [-0.25, -0.2) is 9.78 Å². The van der Waals surface area contributed by atoms with Gasteiger partial charge in [0.05, 0.1) is 12.4 Å². The number of H-pyrrole nitrogens is 1. The number of carbonyl (C=O) groups excluding carboxylic acids is 4. The lowest BCUT2D eigenvalue weighted by molar-refractivity contribution is -0.143. The maximum atomic E-state index is 13.3. The zero-order chi connectivity index (χ0) is 28.0. The van der Waals surface area contributed by atoms with E-state index < -0.39 is 53.8 Å². The zero-order valence-electron chi connectivity index (χ0n) is 21.4. The summed E-state index contributed by atoms with van der Waals surface area (Å²) >= 11 is 0. The molecule has 1 aromatic heterocycles. The number of carboxylic acid groups (broad SMARTS) is 1. The first kappa shape index (κ1) is 31.5. The number of nitrogens with zero attached hydrogens (tertiary/aromatic N) is 1. The van der Waals surface area contributed by atoms with Crippen molar-refractivity contribution in [2.24, 2.45) is 23.1 Å². The molecule has 5 unspecified atom stereocenters. The minimum Gasteiger partial charge on any atom is -0.480 e. The number of primary amides is 1. The van der Waals surface area contributed by atoms with Crippen LogP contribution in [0.25, 0.3) is 0 Å². The van der Waals surface area contributed by atoms with Crippen molar-refractivity contribution in [1.29, 1.82) is 0 Å². The van der Waals surface area contributed by atoms with Crippen LogP contribution in [0.5, 0.6) is 0 Å². The minimum absolute atomic E-state index is 0.00179. The Labute approximate surface area is 215 Å². The third-order valence-electron chi connectivity index (χ3n) is 6.01. The van der Waals surface area contributed by atoms with Gasteiger partial charge in [0.25, 0.3) is 0 Å². The third-order valence-corrected chi connectivity index (χ3v) is 6.01. The molecule has 208 valence electrons. The van der Waals surface area contributed by atoms with E-state index in [1.54, 1.807) is 6.92 Å². The zero-order valence-corrected chi connectivity index (χ0v) is 21.4. The summed E-state index contributed by atoms with van der Waals surface area (Å²) < 4.78 is 0. The van der Waals surface area contributed by atoms with E-state index in [0.29, 0.717) is 31.5 Å². The van der Waals surface area contributed by atoms with Gasteiger partial charge in [0, 0.05) is 24.7 Å². The number of hydrogen-bond acceptors (Lipinski definition) is 8. The topological polar surface area (TPSA) is 248 Å². The lowest BCUT2D eigenvalue weighted by Crippen LogP contribution is -2.59. The highest BCUT2D eigenvalue weighted by atomic mass is 16.4. The number of unbranched alkanes of at least 4 members (excludes halogenated alkanes) is 1. The lowest BCUT2D eigenvalue weighted by Gasteiger charge is -2.28. The Hall–Kier alpha value is -3.52. The molecule has 0 saturated carbocycles. The molecular formula is C23H40N8O6. The van der Waals surface area contributed by atoms with Crippen molar-refractivity contribution in [2.45, 2.75) is 83.0 Å². The molecule has 0 spiro atoms. The molecule has 14 nitrogen and oxygen atoms in total. The first-order valence-electron chi connectivity index (χ1n) is 12.3. The van der Waals surface area contributed by atoms with Gasteiger partial charge in [0.2, 0.25) is 23.6 Å². The van der Waals surface area contributed by atoms with Crippen LogP contribution in [0.4, 0.5) is 0 Å². The average molecular weight is 525 g/mol. The second-order valence-corrected chi connectivity index (χ2v) is 9.01. The van der Waals surface area contributed by atoms with Crippen LogP contribution in [0.1, 0.15) is 58.1 Å². The smallest absolute Gasteiger partial charge is 0.326 e. The highest BCUT2D eigenvalue weighted by Gasteiger charge is 2.33. The summed E-state index contributed by atoms with van der Waals surface area (Å²) in [6, 6.07) is -4.40. The van der Waals surface area contributed by atoms with Gasteiger partial charge in [-0.3, -0.25) is 19.2 Å². The number of rotatable bonds is 18. The number of imidazole rings is 1. The van der Waals surface area contributed by atoms with Crippen molar-refractivity contribution in [3.05, 3.63) is 18.2 Å². The number of hydrogen-bond donors (Lipinski definition) is 8. The summed E-state index contributed by atoms with van der Waals surface area (Å²) in [4.78, 5) is 68.4. The van der Waals surface area contributed by atoms with Crippen molar-refractivity contribution in [3.8, 4) is 0 Å². The van der Waals surface area contributed by atoms with E-state index in [1.165, 1.54) is 12.5 Å². The Morgan fingerprint density at radius 3 is 2.24 bits per heavy atom. The molecule has 37 heavy (non-hydrogen) atoms. The molecule has 14 heteroatoms. The third kappa shape index (κ3) is 11.4. The van der Waals surface area contributed by atoms with E-state index in [9.17, 15) is 29.1 Å². The quantitative estimate of drug-likeness (QED) is 0.101. The second-order valence-electron chi connectivity index (χ2n) is 9.01. The highest BCUT2D eigenvalue weighted by Crippen LogP contribution is 2.11. The summed E-state index contributed by atoms with van der Waals surface area (Å²) in [6.45, 7) is 3.98.